The standard InChI is InChI=1S/C15H13NO3/c16-13(10-6-2-1-3-7-10)14(17)11-8-4-5-9-12(11)15(18)19/h1-9,13H,16H2,(H,18,19)/t13-/m1/s1. The number of ketones is 1. The van der Waals surface area contributed by atoms with Gasteiger partial charge in [0.25, 0.3) is 0 Å². The fraction of sp³-hybridized carbons (Fsp3) is 0.0667. The fourth-order valence-electron chi connectivity index (χ4n) is 1.86. The van der Waals surface area contributed by atoms with E-state index in [0.717, 1.165) is 0 Å². The molecule has 4 nitrogen and oxygen atoms in total. The molecule has 19 heavy (non-hydrogen) atoms. The van der Waals surface area contributed by atoms with Crippen molar-refractivity contribution in [3.8, 4) is 0 Å². The topological polar surface area (TPSA) is 80.4 Å². The molecular weight excluding hydrogens is 242 g/mol. The number of carbonyl (C=O) groups excluding carboxylic acids is 1. The van der Waals surface area contributed by atoms with Crippen LogP contribution in [-0.2, 0) is 0 Å². The molecule has 0 saturated heterocycles. The summed E-state index contributed by atoms with van der Waals surface area (Å²) < 4.78 is 0. The average molecular weight is 255 g/mol. The smallest absolute Gasteiger partial charge is 0.336 e. The van der Waals surface area contributed by atoms with Crippen LogP contribution in [0.2, 0.25) is 0 Å². The minimum absolute atomic E-state index is 0.0288. The van der Waals surface area contributed by atoms with E-state index < -0.39 is 17.8 Å². The lowest BCUT2D eigenvalue weighted by Crippen LogP contribution is -2.23. The van der Waals surface area contributed by atoms with Gasteiger partial charge in [0, 0.05) is 5.56 Å². The van der Waals surface area contributed by atoms with Gasteiger partial charge in [0.2, 0.25) is 0 Å². The Kier molecular flexibility index (Phi) is 3.73. The number of carboxylic acids is 1. The lowest BCUT2D eigenvalue weighted by Gasteiger charge is -2.12. The van der Waals surface area contributed by atoms with Gasteiger partial charge in [0.05, 0.1) is 11.6 Å². The molecule has 0 radical (unpaired) electrons. The summed E-state index contributed by atoms with van der Waals surface area (Å²) in [6.45, 7) is 0. The first-order chi connectivity index (χ1) is 9.11. The maximum Gasteiger partial charge on any atom is 0.336 e. The minimum atomic E-state index is -1.13. The van der Waals surface area contributed by atoms with Crippen LogP contribution in [0.15, 0.2) is 54.6 Å². The quantitative estimate of drug-likeness (QED) is 0.821. The Labute approximate surface area is 110 Å². The Morgan fingerprint density at radius 2 is 1.42 bits per heavy atom. The molecule has 0 aliphatic heterocycles. The van der Waals surface area contributed by atoms with Gasteiger partial charge in [-0.05, 0) is 11.6 Å². The summed E-state index contributed by atoms with van der Waals surface area (Å²) in [5.41, 5.74) is 6.66. The van der Waals surface area contributed by atoms with Crippen LogP contribution in [0.1, 0.15) is 32.3 Å². The molecule has 4 heteroatoms. The summed E-state index contributed by atoms with van der Waals surface area (Å²) in [7, 11) is 0. The third-order valence-corrected chi connectivity index (χ3v) is 2.86. The number of rotatable bonds is 4. The van der Waals surface area contributed by atoms with Gasteiger partial charge < -0.3 is 10.8 Å². The Morgan fingerprint density at radius 1 is 0.895 bits per heavy atom. The van der Waals surface area contributed by atoms with Gasteiger partial charge in [-0.2, -0.15) is 0 Å². The first kappa shape index (κ1) is 13.0. The Hall–Kier alpha value is -2.46. The van der Waals surface area contributed by atoms with Crippen LogP contribution in [0.5, 0.6) is 0 Å². The van der Waals surface area contributed by atoms with Crippen molar-refractivity contribution in [2.24, 2.45) is 5.73 Å². The van der Waals surface area contributed by atoms with Crippen molar-refractivity contribution >= 4 is 11.8 Å². The molecular formula is C15H13NO3. The third kappa shape index (κ3) is 2.69. The summed E-state index contributed by atoms with van der Waals surface area (Å²) in [5.74, 6) is -1.53. The number of carbonyl (C=O) groups is 2. The predicted octanol–water partition coefficient (Wildman–Crippen LogP) is 2.27. The van der Waals surface area contributed by atoms with E-state index in [1.165, 1.54) is 12.1 Å². The number of carboxylic acid groups (broad SMARTS) is 1. The van der Waals surface area contributed by atoms with Crippen molar-refractivity contribution in [1.82, 2.24) is 0 Å². The summed E-state index contributed by atoms with van der Waals surface area (Å²) >= 11 is 0. The molecule has 0 bridgehead atoms. The molecule has 3 N–H and O–H groups in total. The molecule has 0 unspecified atom stereocenters. The summed E-state index contributed by atoms with van der Waals surface area (Å²) in [5, 5.41) is 9.07. The number of hydrogen-bond acceptors (Lipinski definition) is 3. The molecule has 0 spiro atoms. The van der Waals surface area contributed by atoms with Gasteiger partial charge in [0.15, 0.2) is 5.78 Å². The molecule has 0 saturated carbocycles. The second-order valence-electron chi connectivity index (χ2n) is 4.10. The van der Waals surface area contributed by atoms with Crippen LogP contribution >= 0.6 is 0 Å². The monoisotopic (exact) mass is 255 g/mol. The molecule has 1 atom stereocenters. The lowest BCUT2D eigenvalue weighted by atomic mass is 9.95. The highest BCUT2D eigenvalue weighted by Gasteiger charge is 2.22. The van der Waals surface area contributed by atoms with Gasteiger partial charge >= 0.3 is 5.97 Å². The molecule has 2 rings (SSSR count). The van der Waals surface area contributed by atoms with Crippen LogP contribution in [0.3, 0.4) is 0 Å². The van der Waals surface area contributed by atoms with Crippen LogP contribution < -0.4 is 5.73 Å². The van der Waals surface area contributed by atoms with Crippen LogP contribution in [0, 0.1) is 0 Å². The number of benzene rings is 2. The largest absolute Gasteiger partial charge is 0.478 e. The molecule has 0 heterocycles. The second-order valence-corrected chi connectivity index (χ2v) is 4.10. The van der Waals surface area contributed by atoms with E-state index in [4.69, 9.17) is 10.8 Å². The first-order valence-electron chi connectivity index (χ1n) is 5.78. The van der Waals surface area contributed by atoms with Crippen molar-refractivity contribution < 1.29 is 14.7 Å². The van der Waals surface area contributed by atoms with E-state index in [-0.39, 0.29) is 11.1 Å². The zero-order valence-electron chi connectivity index (χ0n) is 10.1. The van der Waals surface area contributed by atoms with E-state index in [9.17, 15) is 9.59 Å². The zero-order chi connectivity index (χ0) is 13.8. The van der Waals surface area contributed by atoms with Crippen molar-refractivity contribution in [3.05, 3.63) is 71.3 Å². The fourth-order valence-corrected chi connectivity index (χ4v) is 1.86. The molecule has 2 aromatic carbocycles. The zero-order valence-corrected chi connectivity index (χ0v) is 10.1. The van der Waals surface area contributed by atoms with Gasteiger partial charge in [0.1, 0.15) is 0 Å². The molecule has 0 aliphatic rings. The van der Waals surface area contributed by atoms with Crippen molar-refractivity contribution in [2.75, 3.05) is 0 Å². The predicted molar refractivity (Wildman–Crippen MR) is 71.1 cm³/mol. The summed E-state index contributed by atoms with van der Waals surface area (Å²) in [4.78, 5) is 23.4. The highest BCUT2D eigenvalue weighted by molar-refractivity contribution is 6.08. The van der Waals surface area contributed by atoms with E-state index in [0.29, 0.717) is 5.56 Å². The molecule has 2 aromatic rings. The average Bonchev–Trinajstić information content (AvgIpc) is 2.46. The van der Waals surface area contributed by atoms with E-state index in [1.54, 1.807) is 36.4 Å². The van der Waals surface area contributed by atoms with Crippen molar-refractivity contribution in [1.29, 1.82) is 0 Å². The number of nitrogens with two attached hydrogens (primary N) is 1. The Bertz CT molecular complexity index is 608. The maximum absolute atomic E-state index is 12.3. The van der Waals surface area contributed by atoms with E-state index >= 15 is 0 Å². The molecule has 96 valence electrons. The molecule has 0 aliphatic carbocycles. The highest BCUT2D eigenvalue weighted by atomic mass is 16.4. The van der Waals surface area contributed by atoms with Crippen LogP contribution in [-0.4, -0.2) is 16.9 Å². The number of Topliss-reactive ketones (excluding diaryl/α,β-unsaturated/α-hetero) is 1. The maximum atomic E-state index is 12.3. The Morgan fingerprint density at radius 3 is 2.00 bits per heavy atom. The third-order valence-electron chi connectivity index (χ3n) is 2.86. The lowest BCUT2D eigenvalue weighted by molar-refractivity contribution is 0.0691. The van der Waals surface area contributed by atoms with Crippen molar-refractivity contribution in [2.45, 2.75) is 6.04 Å². The van der Waals surface area contributed by atoms with Gasteiger partial charge in [-0.25, -0.2) is 4.79 Å². The van der Waals surface area contributed by atoms with Gasteiger partial charge in [-0.3, -0.25) is 4.79 Å². The molecule has 0 fully saturated rings. The minimum Gasteiger partial charge on any atom is -0.478 e. The van der Waals surface area contributed by atoms with Gasteiger partial charge in [-0.1, -0.05) is 48.5 Å². The Balaban J connectivity index is 2.38. The van der Waals surface area contributed by atoms with E-state index in [1.807, 2.05) is 6.07 Å². The van der Waals surface area contributed by atoms with Gasteiger partial charge in [-0.15, -0.1) is 0 Å². The van der Waals surface area contributed by atoms with Crippen LogP contribution in [0.4, 0.5) is 0 Å². The van der Waals surface area contributed by atoms with E-state index in [2.05, 4.69) is 0 Å². The first-order valence-corrected chi connectivity index (χ1v) is 5.78. The second kappa shape index (κ2) is 5.46. The summed E-state index contributed by atoms with van der Waals surface area (Å²) in [6, 6.07) is 14.1. The highest BCUT2D eigenvalue weighted by Crippen LogP contribution is 2.18. The number of aromatic carboxylic acids is 1. The summed E-state index contributed by atoms with van der Waals surface area (Å²) in [6.07, 6.45) is 0. The van der Waals surface area contributed by atoms with Crippen molar-refractivity contribution in [3.63, 3.8) is 0 Å². The normalized spacial score (nSPS) is 11.8. The molecule has 0 amide bonds. The molecule has 0 aromatic heterocycles. The SMILES string of the molecule is N[C@@H](C(=O)c1ccccc1C(=O)O)c1ccccc1. The number of hydrogen-bond donors (Lipinski definition) is 2. The van der Waals surface area contributed by atoms with Crippen LogP contribution in [0.25, 0.3) is 0 Å².